The first kappa shape index (κ1) is 21.2. The summed E-state index contributed by atoms with van der Waals surface area (Å²) in [5.74, 6) is 1.29. The van der Waals surface area contributed by atoms with E-state index >= 15 is 0 Å². The molecular formula is C17H24FIN4O2. The van der Waals surface area contributed by atoms with Crippen LogP contribution in [0.3, 0.4) is 0 Å². The van der Waals surface area contributed by atoms with E-state index in [4.69, 9.17) is 9.26 Å². The van der Waals surface area contributed by atoms with Gasteiger partial charge in [0.1, 0.15) is 0 Å². The van der Waals surface area contributed by atoms with Crippen molar-refractivity contribution in [2.24, 2.45) is 4.99 Å². The van der Waals surface area contributed by atoms with Gasteiger partial charge in [-0.2, -0.15) is 0 Å². The van der Waals surface area contributed by atoms with E-state index < -0.39 is 0 Å². The summed E-state index contributed by atoms with van der Waals surface area (Å²) in [5, 5.41) is 7.16. The minimum atomic E-state index is -0.375. The molecule has 1 N–H and O–H groups in total. The van der Waals surface area contributed by atoms with Gasteiger partial charge in [-0.05, 0) is 24.1 Å². The van der Waals surface area contributed by atoms with Crippen LogP contribution >= 0.6 is 24.0 Å². The summed E-state index contributed by atoms with van der Waals surface area (Å²) < 4.78 is 24.0. The fraction of sp³-hybridized carbons (Fsp3) is 0.412. The highest BCUT2D eigenvalue weighted by atomic mass is 127. The van der Waals surface area contributed by atoms with Crippen LogP contribution in [0.4, 0.5) is 4.39 Å². The van der Waals surface area contributed by atoms with E-state index in [1.165, 1.54) is 13.2 Å². The molecule has 138 valence electrons. The first-order chi connectivity index (χ1) is 11.6. The highest BCUT2D eigenvalue weighted by Gasteiger charge is 2.10. The molecular weight excluding hydrogens is 438 g/mol. The number of methoxy groups -OCH3 is 1. The van der Waals surface area contributed by atoms with Crippen LogP contribution in [0.5, 0.6) is 5.75 Å². The lowest BCUT2D eigenvalue weighted by Gasteiger charge is -2.22. The molecule has 0 spiro atoms. The van der Waals surface area contributed by atoms with Gasteiger partial charge in [0.15, 0.2) is 23.3 Å². The lowest BCUT2D eigenvalue weighted by molar-refractivity contribution is 0.371. The van der Waals surface area contributed by atoms with Crippen molar-refractivity contribution in [1.29, 1.82) is 0 Å². The van der Waals surface area contributed by atoms with Crippen molar-refractivity contribution < 1.29 is 13.7 Å². The van der Waals surface area contributed by atoms with Gasteiger partial charge in [0.2, 0.25) is 0 Å². The number of aryl methyl sites for hydroxylation is 1. The molecule has 25 heavy (non-hydrogen) atoms. The van der Waals surface area contributed by atoms with Gasteiger partial charge in [-0.25, -0.2) is 4.39 Å². The summed E-state index contributed by atoms with van der Waals surface area (Å²) in [7, 11) is 5.03. The number of guanidine groups is 1. The molecule has 0 saturated heterocycles. The first-order valence-electron chi connectivity index (χ1n) is 7.76. The Labute approximate surface area is 164 Å². The topological polar surface area (TPSA) is 62.9 Å². The Hall–Kier alpha value is -1.84. The van der Waals surface area contributed by atoms with Crippen LogP contribution in [0.25, 0.3) is 0 Å². The number of hydrogen-bond acceptors (Lipinski definition) is 4. The number of halogens is 2. The molecule has 0 saturated carbocycles. The predicted molar refractivity (Wildman–Crippen MR) is 106 cm³/mol. The average molecular weight is 462 g/mol. The van der Waals surface area contributed by atoms with Gasteiger partial charge in [0.25, 0.3) is 0 Å². The van der Waals surface area contributed by atoms with Crippen molar-refractivity contribution in [2.45, 2.75) is 26.4 Å². The largest absolute Gasteiger partial charge is 0.494 e. The maximum atomic E-state index is 13.8. The Morgan fingerprint density at radius 3 is 2.72 bits per heavy atom. The third-order valence-electron chi connectivity index (χ3n) is 3.60. The van der Waals surface area contributed by atoms with Gasteiger partial charge >= 0.3 is 0 Å². The van der Waals surface area contributed by atoms with Crippen molar-refractivity contribution in [3.8, 4) is 5.75 Å². The molecule has 2 rings (SSSR count). The summed E-state index contributed by atoms with van der Waals surface area (Å²) in [6.07, 6.45) is 0.834. The smallest absolute Gasteiger partial charge is 0.194 e. The second-order valence-corrected chi connectivity index (χ2v) is 5.36. The minimum Gasteiger partial charge on any atom is -0.494 e. The summed E-state index contributed by atoms with van der Waals surface area (Å²) in [6.45, 7) is 3.02. The summed E-state index contributed by atoms with van der Waals surface area (Å²) in [6, 6.07) is 6.83. The normalized spacial score (nSPS) is 11.0. The standard InChI is InChI=1S/C17H23FN4O2.HI/c1-5-13-9-14(24-21-13)10-20-17(19-2)22(3)11-12-6-7-16(23-4)15(18)8-12;/h6-9H,5,10-11H2,1-4H3,(H,19,20);1H. The first-order valence-corrected chi connectivity index (χ1v) is 7.76. The third kappa shape index (κ3) is 5.87. The molecule has 8 heteroatoms. The summed E-state index contributed by atoms with van der Waals surface area (Å²) in [5.41, 5.74) is 1.75. The molecule has 0 aliphatic heterocycles. The molecule has 1 aromatic heterocycles. The van der Waals surface area contributed by atoms with Gasteiger partial charge in [-0.15, -0.1) is 24.0 Å². The number of hydrogen-bond donors (Lipinski definition) is 1. The van der Waals surface area contributed by atoms with Crippen LogP contribution in [-0.4, -0.2) is 37.2 Å². The predicted octanol–water partition coefficient (Wildman–Crippen LogP) is 3.21. The number of ether oxygens (including phenoxy) is 1. The third-order valence-corrected chi connectivity index (χ3v) is 3.60. The highest BCUT2D eigenvalue weighted by Crippen LogP contribution is 2.18. The number of nitrogens with one attached hydrogen (secondary N) is 1. The van der Waals surface area contributed by atoms with Crippen LogP contribution in [0.15, 0.2) is 33.8 Å². The van der Waals surface area contributed by atoms with Crippen LogP contribution in [-0.2, 0) is 19.5 Å². The Morgan fingerprint density at radius 2 is 2.16 bits per heavy atom. The molecule has 0 aliphatic carbocycles. The van der Waals surface area contributed by atoms with Crippen LogP contribution in [0, 0.1) is 5.82 Å². The minimum absolute atomic E-state index is 0. The Morgan fingerprint density at radius 1 is 1.40 bits per heavy atom. The quantitative estimate of drug-likeness (QED) is 0.406. The van der Waals surface area contributed by atoms with Gasteiger partial charge in [0.05, 0.1) is 19.3 Å². The molecule has 0 radical (unpaired) electrons. The zero-order chi connectivity index (χ0) is 17.5. The van der Waals surface area contributed by atoms with Crippen molar-refractivity contribution >= 4 is 29.9 Å². The number of benzene rings is 1. The lowest BCUT2D eigenvalue weighted by atomic mass is 10.2. The van der Waals surface area contributed by atoms with E-state index in [0.717, 1.165) is 23.4 Å². The van der Waals surface area contributed by atoms with Crippen LogP contribution in [0.2, 0.25) is 0 Å². The van der Waals surface area contributed by atoms with Gasteiger partial charge in [-0.3, -0.25) is 4.99 Å². The summed E-state index contributed by atoms with van der Waals surface area (Å²) in [4.78, 5) is 6.13. The molecule has 0 amide bonds. The summed E-state index contributed by atoms with van der Waals surface area (Å²) >= 11 is 0. The Bertz CT molecular complexity index is 706. The van der Waals surface area contributed by atoms with Gasteiger partial charge in [0, 0.05) is 26.7 Å². The monoisotopic (exact) mass is 462 g/mol. The fourth-order valence-corrected chi connectivity index (χ4v) is 2.31. The van der Waals surface area contributed by atoms with Crippen molar-refractivity contribution in [3.63, 3.8) is 0 Å². The molecule has 0 fully saturated rings. The average Bonchev–Trinajstić information content (AvgIpc) is 3.03. The molecule has 0 atom stereocenters. The van der Waals surface area contributed by atoms with Crippen LogP contribution < -0.4 is 10.1 Å². The number of rotatable bonds is 6. The van der Waals surface area contributed by atoms with E-state index in [2.05, 4.69) is 15.5 Å². The van der Waals surface area contributed by atoms with Crippen molar-refractivity contribution in [2.75, 3.05) is 21.2 Å². The van der Waals surface area contributed by atoms with Crippen molar-refractivity contribution in [3.05, 3.63) is 47.1 Å². The fourth-order valence-electron chi connectivity index (χ4n) is 2.31. The van der Waals surface area contributed by atoms with Gasteiger partial charge in [-0.1, -0.05) is 18.1 Å². The second kappa shape index (κ2) is 10.2. The second-order valence-electron chi connectivity index (χ2n) is 5.36. The lowest BCUT2D eigenvalue weighted by Crippen LogP contribution is -2.38. The molecule has 0 aliphatic rings. The Balaban J connectivity index is 0.00000312. The Kier molecular flexibility index (Phi) is 8.67. The van der Waals surface area contributed by atoms with Crippen LogP contribution in [0.1, 0.15) is 23.9 Å². The zero-order valence-corrected chi connectivity index (χ0v) is 17.2. The SMILES string of the molecule is CCc1cc(CNC(=NC)N(C)Cc2ccc(OC)c(F)c2)on1.I. The number of nitrogens with zero attached hydrogens (tertiary/aromatic N) is 3. The van der Waals surface area contributed by atoms with E-state index in [1.807, 2.05) is 31.0 Å². The van der Waals surface area contributed by atoms with E-state index in [-0.39, 0.29) is 35.5 Å². The molecule has 6 nitrogen and oxygen atoms in total. The molecule has 1 heterocycles. The maximum Gasteiger partial charge on any atom is 0.194 e. The molecule has 0 bridgehead atoms. The molecule has 1 aromatic carbocycles. The highest BCUT2D eigenvalue weighted by molar-refractivity contribution is 14.0. The molecule has 0 unspecified atom stereocenters. The maximum absolute atomic E-state index is 13.8. The number of aromatic nitrogens is 1. The van der Waals surface area contributed by atoms with Crippen molar-refractivity contribution in [1.82, 2.24) is 15.4 Å². The number of aliphatic imine (C=N–C) groups is 1. The van der Waals surface area contributed by atoms with E-state index in [1.54, 1.807) is 13.1 Å². The van der Waals surface area contributed by atoms with E-state index in [0.29, 0.717) is 19.0 Å². The van der Waals surface area contributed by atoms with Gasteiger partial charge < -0.3 is 19.5 Å². The molecule has 2 aromatic rings. The zero-order valence-electron chi connectivity index (χ0n) is 14.9. The van der Waals surface area contributed by atoms with E-state index in [9.17, 15) is 4.39 Å².